The molecule has 7 heteroatoms. The van der Waals surface area contributed by atoms with Crippen LogP contribution in [0, 0.1) is 11.3 Å². The van der Waals surface area contributed by atoms with Crippen molar-refractivity contribution < 1.29 is 18.4 Å². The molecule has 3 aromatic heterocycles. The lowest BCUT2D eigenvalue weighted by Gasteiger charge is -2.13. The van der Waals surface area contributed by atoms with Crippen molar-refractivity contribution >= 4 is 5.91 Å². The lowest BCUT2D eigenvalue weighted by Crippen LogP contribution is -2.28. The van der Waals surface area contributed by atoms with E-state index in [1.54, 1.807) is 30.7 Å². The fourth-order valence-electron chi connectivity index (χ4n) is 3.26. The molecule has 0 unspecified atom stereocenters. The number of fused-ring (bicyclic) bond motifs is 1. The highest BCUT2D eigenvalue weighted by molar-refractivity contribution is 5.77. The SMILES string of the molecule is N#Cc1c(OCC(=O)NCc2ccco2)nc(-c2ccco2)c2c1CCC2. The van der Waals surface area contributed by atoms with Crippen molar-refractivity contribution in [3.8, 4) is 23.4 Å². The van der Waals surface area contributed by atoms with Crippen LogP contribution in [0.4, 0.5) is 0 Å². The second kappa shape index (κ2) is 7.38. The molecule has 3 aromatic rings. The van der Waals surface area contributed by atoms with Crippen molar-refractivity contribution in [1.29, 1.82) is 5.26 Å². The summed E-state index contributed by atoms with van der Waals surface area (Å²) in [5.41, 5.74) is 3.04. The number of hydrogen-bond donors (Lipinski definition) is 1. The van der Waals surface area contributed by atoms with Gasteiger partial charge in [0, 0.05) is 0 Å². The predicted molar refractivity (Wildman–Crippen MR) is 94.7 cm³/mol. The fraction of sp³-hybridized carbons (Fsp3) is 0.250. The van der Waals surface area contributed by atoms with Crippen LogP contribution in [-0.2, 0) is 24.2 Å². The summed E-state index contributed by atoms with van der Waals surface area (Å²) in [4.78, 5) is 16.6. The second-order valence-corrected chi connectivity index (χ2v) is 6.19. The first-order chi connectivity index (χ1) is 13.3. The molecule has 1 N–H and O–H groups in total. The summed E-state index contributed by atoms with van der Waals surface area (Å²) >= 11 is 0. The molecule has 0 radical (unpaired) electrons. The monoisotopic (exact) mass is 363 g/mol. The van der Waals surface area contributed by atoms with E-state index >= 15 is 0 Å². The van der Waals surface area contributed by atoms with Crippen LogP contribution in [0.1, 0.15) is 28.9 Å². The first-order valence-electron chi connectivity index (χ1n) is 8.68. The van der Waals surface area contributed by atoms with E-state index in [0.717, 1.165) is 30.4 Å². The summed E-state index contributed by atoms with van der Waals surface area (Å²) in [6.45, 7) is 0.0360. The number of furan rings is 2. The highest BCUT2D eigenvalue weighted by Gasteiger charge is 2.26. The van der Waals surface area contributed by atoms with E-state index in [2.05, 4.69) is 16.4 Å². The molecule has 1 aliphatic carbocycles. The number of aromatic nitrogens is 1. The molecule has 0 fully saturated rings. The van der Waals surface area contributed by atoms with Gasteiger partial charge in [0.2, 0.25) is 5.88 Å². The van der Waals surface area contributed by atoms with Crippen LogP contribution >= 0.6 is 0 Å². The smallest absolute Gasteiger partial charge is 0.258 e. The van der Waals surface area contributed by atoms with Gasteiger partial charge in [-0.1, -0.05) is 0 Å². The molecular weight excluding hydrogens is 346 g/mol. The highest BCUT2D eigenvalue weighted by Crippen LogP contribution is 2.37. The normalized spacial score (nSPS) is 12.4. The lowest BCUT2D eigenvalue weighted by atomic mass is 10.0. The minimum atomic E-state index is -0.322. The number of nitriles is 1. The molecule has 0 atom stereocenters. The fourth-order valence-corrected chi connectivity index (χ4v) is 3.26. The van der Waals surface area contributed by atoms with E-state index < -0.39 is 0 Å². The first kappa shape index (κ1) is 16.9. The number of ether oxygens (including phenoxy) is 1. The number of carbonyl (C=O) groups is 1. The van der Waals surface area contributed by atoms with E-state index in [4.69, 9.17) is 13.6 Å². The van der Waals surface area contributed by atoms with Crippen LogP contribution < -0.4 is 10.1 Å². The number of carbonyl (C=O) groups excluding carboxylic acids is 1. The van der Waals surface area contributed by atoms with E-state index in [9.17, 15) is 10.1 Å². The third-order valence-electron chi connectivity index (χ3n) is 4.48. The largest absolute Gasteiger partial charge is 0.467 e. The van der Waals surface area contributed by atoms with Gasteiger partial charge in [0.15, 0.2) is 12.4 Å². The summed E-state index contributed by atoms with van der Waals surface area (Å²) in [6, 6.07) is 9.32. The molecule has 136 valence electrons. The van der Waals surface area contributed by atoms with Crippen molar-refractivity contribution in [2.75, 3.05) is 6.61 Å². The highest BCUT2D eigenvalue weighted by atomic mass is 16.5. The maximum Gasteiger partial charge on any atom is 0.258 e. The third-order valence-corrected chi connectivity index (χ3v) is 4.48. The van der Waals surface area contributed by atoms with Crippen molar-refractivity contribution in [3.63, 3.8) is 0 Å². The predicted octanol–water partition coefficient (Wildman–Crippen LogP) is 2.99. The van der Waals surface area contributed by atoms with E-state index in [-0.39, 0.29) is 24.9 Å². The van der Waals surface area contributed by atoms with Gasteiger partial charge in [-0.2, -0.15) is 5.26 Å². The Morgan fingerprint density at radius 1 is 1.22 bits per heavy atom. The summed E-state index contributed by atoms with van der Waals surface area (Å²) in [5, 5.41) is 12.3. The average Bonchev–Trinajstić information content (AvgIpc) is 3.45. The Labute approximate surface area is 155 Å². The van der Waals surface area contributed by atoms with Gasteiger partial charge in [0.25, 0.3) is 5.91 Å². The molecule has 0 spiro atoms. The first-order valence-corrected chi connectivity index (χ1v) is 8.68. The Morgan fingerprint density at radius 3 is 2.78 bits per heavy atom. The molecular formula is C20H17N3O4. The van der Waals surface area contributed by atoms with E-state index in [1.165, 1.54) is 0 Å². The van der Waals surface area contributed by atoms with Crippen molar-refractivity contribution in [3.05, 3.63) is 59.2 Å². The van der Waals surface area contributed by atoms with Crippen LogP contribution in [0.15, 0.2) is 45.6 Å². The number of amides is 1. The van der Waals surface area contributed by atoms with Gasteiger partial charge in [-0.3, -0.25) is 4.79 Å². The quantitative estimate of drug-likeness (QED) is 0.722. The molecule has 4 rings (SSSR count). The number of rotatable bonds is 6. The lowest BCUT2D eigenvalue weighted by molar-refractivity contribution is -0.123. The Morgan fingerprint density at radius 2 is 2.04 bits per heavy atom. The molecule has 7 nitrogen and oxygen atoms in total. The zero-order valence-corrected chi connectivity index (χ0v) is 14.5. The zero-order valence-electron chi connectivity index (χ0n) is 14.5. The zero-order chi connectivity index (χ0) is 18.6. The molecule has 3 heterocycles. The maximum absolute atomic E-state index is 12.1. The van der Waals surface area contributed by atoms with Gasteiger partial charge in [0.05, 0.1) is 19.1 Å². The molecule has 0 saturated carbocycles. The average molecular weight is 363 g/mol. The number of hydrogen-bond acceptors (Lipinski definition) is 6. The van der Waals surface area contributed by atoms with Gasteiger partial charge in [-0.15, -0.1) is 0 Å². The van der Waals surface area contributed by atoms with Crippen LogP contribution in [-0.4, -0.2) is 17.5 Å². The van der Waals surface area contributed by atoms with Crippen LogP contribution in [0.2, 0.25) is 0 Å². The summed E-state index contributed by atoms with van der Waals surface area (Å²) < 4.78 is 16.3. The Bertz CT molecular complexity index is 985. The molecule has 0 aromatic carbocycles. The minimum absolute atomic E-state index is 0.165. The van der Waals surface area contributed by atoms with Gasteiger partial charge < -0.3 is 18.9 Å². The van der Waals surface area contributed by atoms with Crippen LogP contribution in [0.5, 0.6) is 5.88 Å². The molecule has 27 heavy (non-hydrogen) atoms. The molecule has 0 bridgehead atoms. The van der Waals surface area contributed by atoms with Crippen molar-refractivity contribution in [2.45, 2.75) is 25.8 Å². The molecule has 1 amide bonds. The van der Waals surface area contributed by atoms with Crippen molar-refractivity contribution in [2.24, 2.45) is 0 Å². The number of nitrogens with zero attached hydrogens (tertiary/aromatic N) is 2. The summed E-state index contributed by atoms with van der Waals surface area (Å²) in [6.07, 6.45) is 5.71. The Kier molecular flexibility index (Phi) is 4.62. The van der Waals surface area contributed by atoms with Crippen molar-refractivity contribution in [1.82, 2.24) is 10.3 Å². The topological polar surface area (TPSA) is 101 Å². The summed E-state index contributed by atoms with van der Waals surface area (Å²) in [7, 11) is 0. The van der Waals surface area contributed by atoms with Crippen LogP contribution in [0.25, 0.3) is 11.5 Å². The van der Waals surface area contributed by atoms with Crippen LogP contribution in [0.3, 0.4) is 0 Å². The van der Waals surface area contributed by atoms with Gasteiger partial charge in [0.1, 0.15) is 23.1 Å². The standard InChI is InChI=1S/C20H17N3O4/c21-10-16-14-5-1-6-15(14)19(17-7-3-9-26-17)23-20(16)27-12-18(24)22-11-13-4-2-8-25-13/h2-4,7-9H,1,5-6,11-12H2,(H,22,24). The number of pyridine rings is 1. The van der Waals surface area contributed by atoms with Gasteiger partial charge in [-0.25, -0.2) is 4.98 Å². The Balaban J connectivity index is 1.54. The maximum atomic E-state index is 12.1. The number of nitrogens with one attached hydrogen (secondary N) is 1. The summed E-state index contributed by atoms with van der Waals surface area (Å²) in [5.74, 6) is 1.12. The van der Waals surface area contributed by atoms with E-state index in [0.29, 0.717) is 22.8 Å². The van der Waals surface area contributed by atoms with E-state index in [1.807, 2.05) is 6.07 Å². The minimum Gasteiger partial charge on any atom is -0.467 e. The molecule has 1 aliphatic rings. The van der Waals surface area contributed by atoms with Gasteiger partial charge >= 0.3 is 0 Å². The Hall–Kier alpha value is -3.53. The third kappa shape index (κ3) is 3.42. The second-order valence-electron chi connectivity index (χ2n) is 6.19. The molecule has 0 aliphatic heterocycles. The van der Waals surface area contributed by atoms with Gasteiger partial charge in [-0.05, 0) is 54.7 Å². The molecule has 0 saturated heterocycles.